The van der Waals surface area contributed by atoms with Gasteiger partial charge >= 0.3 is 0 Å². The first-order valence-electron chi connectivity index (χ1n) is 5.02. The zero-order valence-corrected chi connectivity index (χ0v) is 9.05. The number of anilines is 1. The van der Waals surface area contributed by atoms with E-state index < -0.39 is 0 Å². The Balaban J connectivity index is 2.05. The first-order valence-corrected chi connectivity index (χ1v) is 5.02. The third-order valence-corrected chi connectivity index (χ3v) is 2.23. The summed E-state index contributed by atoms with van der Waals surface area (Å²) in [6.07, 6.45) is 3.22. The molecule has 2 rings (SSSR count). The van der Waals surface area contributed by atoms with Gasteiger partial charge < -0.3 is 10.1 Å². The number of para-hydroxylation sites is 1. The van der Waals surface area contributed by atoms with Crippen molar-refractivity contribution in [2.45, 2.75) is 6.54 Å². The molecule has 0 aliphatic heterocycles. The smallest absolute Gasteiger partial charge is 0.129 e. The second kappa shape index (κ2) is 5.11. The van der Waals surface area contributed by atoms with Crippen LogP contribution in [-0.2, 0) is 6.54 Å². The fraction of sp³-hybridized carbons (Fsp3) is 0.167. The van der Waals surface area contributed by atoms with E-state index in [2.05, 4.69) is 15.3 Å². The molecule has 0 saturated carbocycles. The highest BCUT2D eigenvalue weighted by atomic mass is 16.5. The predicted octanol–water partition coefficient (Wildman–Crippen LogP) is 2.10. The SMILES string of the molecule is COc1ccccc1CNc1ccncn1. The van der Waals surface area contributed by atoms with E-state index >= 15 is 0 Å². The molecule has 0 amide bonds. The lowest BCUT2D eigenvalue weighted by atomic mass is 10.2. The number of hydrogen-bond donors (Lipinski definition) is 1. The highest BCUT2D eigenvalue weighted by Gasteiger charge is 2.00. The Labute approximate surface area is 94.3 Å². The van der Waals surface area contributed by atoms with Gasteiger partial charge in [-0.1, -0.05) is 18.2 Å². The largest absolute Gasteiger partial charge is 0.496 e. The van der Waals surface area contributed by atoms with Gasteiger partial charge in [-0.25, -0.2) is 9.97 Å². The third kappa shape index (κ3) is 2.48. The molecule has 0 aliphatic carbocycles. The van der Waals surface area contributed by atoms with Crippen molar-refractivity contribution in [3.8, 4) is 5.75 Å². The van der Waals surface area contributed by atoms with Gasteiger partial charge in [0.05, 0.1) is 7.11 Å². The van der Waals surface area contributed by atoms with Crippen LogP contribution >= 0.6 is 0 Å². The van der Waals surface area contributed by atoms with Gasteiger partial charge in [0.1, 0.15) is 17.9 Å². The van der Waals surface area contributed by atoms with Crippen molar-refractivity contribution in [2.24, 2.45) is 0 Å². The van der Waals surface area contributed by atoms with Gasteiger partial charge in [0, 0.05) is 18.3 Å². The van der Waals surface area contributed by atoms with Gasteiger partial charge in [-0.05, 0) is 12.1 Å². The molecule has 0 fully saturated rings. The van der Waals surface area contributed by atoms with Crippen molar-refractivity contribution >= 4 is 5.82 Å². The lowest BCUT2D eigenvalue weighted by molar-refractivity contribution is 0.410. The normalized spacial score (nSPS) is 9.81. The quantitative estimate of drug-likeness (QED) is 0.848. The average molecular weight is 215 g/mol. The number of aromatic nitrogens is 2. The van der Waals surface area contributed by atoms with Crippen LogP contribution < -0.4 is 10.1 Å². The second-order valence-corrected chi connectivity index (χ2v) is 3.26. The molecule has 1 heterocycles. The fourth-order valence-corrected chi connectivity index (χ4v) is 1.43. The van der Waals surface area contributed by atoms with Crippen LogP contribution in [0.3, 0.4) is 0 Å². The van der Waals surface area contributed by atoms with Crippen LogP contribution in [0.25, 0.3) is 0 Å². The van der Waals surface area contributed by atoms with E-state index in [1.165, 1.54) is 6.33 Å². The first-order chi connectivity index (χ1) is 7.90. The zero-order valence-electron chi connectivity index (χ0n) is 9.05. The molecule has 4 nitrogen and oxygen atoms in total. The highest BCUT2D eigenvalue weighted by Crippen LogP contribution is 2.17. The molecule has 0 aliphatic rings. The summed E-state index contributed by atoms with van der Waals surface area (Å²) in [5.74, 6) is 1.69. The Morgan fingerprint density at radius 2 is 2.12 bits per heavy atom. The number of nitrogens with zero attached hydrogens (tertiary/aromatic N) is 2. The highest BCUT2D eigenvalue weighted by molar-refractivity contribution is 5.38. The summed E-state index contributed by atoms with van der Waals surface area (Å²) < 4.78 is 5.26. The zero-order chi connectivity index (χ0) is 11.2. The maximum atomic E-state index is 5.26. The predicted molar refractivity (Wildman–Crippen MR) is 62.4 cm³/mol. The minimum Gasteiger partial charge on any atom is -0.496 e. The lowest BCUT2D eigenvalue weighted by Crippen LogP contribution is -2.02. The molecular formula is C12H13N3O. The summed E-state index contributed by atoms with van der Waals surface area (Å²) in [5, 5.41) is 3.20. The van der Waals surface area contributed by atoms with Gasteiger partial charge in [0.25, 0.3) is 0 Å². The van der Waals surface area contributed by atoms with Gasteiger partial charge in [0.15, 0.2) is 0 Å². The minimum atomic E-state index is 0.682. The van der Waals surface area contributed by atoms with Gasteiger partial charge in [-0.3, -0.25) is 0 Å². The van der Waals surface area contributed by atoms with Crippen molar-refractivity contribution in [1.82, 2.24) is 9.97 Å². The summed E-state index contributed by atoms with van der Waals surface area (Å²) in [6.45, 7) is 0.682. The van der Waals surface area contributed by atoms with E-state index in [9.17, 15) is 0 Å². The van der Waals surface area contributed by atoms with Crippen molar-refractivity contribution < 1.29 is 4.74 Å². The molecule has 82 valence electrons. The molecule has 0 spiro atoms. The number of rotatable bonds is 4. The molecule has 4 heteroatoms. The Kier molecular flexibility index (Phi) is 3.33. The molecule has 0 atom stereocenters. The Hall–Kier alpha value is -2.10. The second-order valence-electron chi connectivity index (χ2n) is 3.26. The van der Waals surface area contributed by atoms with Crippen molar-refractivity contribution in [3.63, 3.8) is 0 Å². The van der Waals surface area contributed by atoms with Crippen molar-refractivity contribution in [1.29, 1.82) is 0 Å². The molecule has 0 bridgehead atoms. The number of benzene rings is 1. The lowest BCUT2D eigenvalue weighted by Gasteiger charge is -2.09. The maximum absolute atomic E-state index is 5.26. The summed E-state index contributed by atoms with van der Waals surface area (Å²) in [5.41, 5.74) is 1.10. The molecular weight excluding hydrogens is 202 g/mol. The molecule has 0 saturated heterocycles. The van der Waals surface area contributed by atoms with Crippen LogP contribution in [0.15, 0.2) is 42.9 Å². The van der Waals surface area contributed by atoms with E-state index in [1.54, 1.807) is 13.3 Å². The number of nitrogens with one attached hydrogen (secondary N) is 1. The molecule has 1 aromatic carbocycles. The molecule has 16 heavy (non-hydrogen) atoms. The van der Waals surface area contributed by atoms with Gasteiger partial charge in [-0.2, -0.15) is 0 Å². The number of hydrogen-bond acceptors (Lipinski definition) is 4. The fourth-order valence-electron chi connectivity index (χ4n) is 1.43. The Morgan fingerprint density at radius 1 is 1.25 bits per heavy atom. The van der Waals surface area contributed by atoms with E-state index in [4.69, 9.17) is 4.74 Å². The maximum Gasteiger partial charge on any atom is 0.129 e. The number of ether oxygens (including phenoxy) is 1. The van der Waals surface area contributed by atoms with Crippen LogP contribution in [0, 0.1) is 0 Å². The minimum absolute atomic E-state index is 0.682. The topological polar surface area (TPSA) is 47.0 Å². The third-order valence-electron chi connectivity index (χ3n) is 2.23. The Morgan fingerprint density at radius 3 is 2.88 bits per heavy atom. The molecule has 2 aromatic rings. The molecule has 0 radical (unpaired) electrons. The van der Waals surface area contributed by atoms with Crippen LogP contribution in [0.2, 0.25) is 0 Å². The van der Waals surface area contributed by atoms with Crippen LogP contribution in [0.5, 0.6) is 5.75 Å². The van der Waals surface area contributed by atoms with Crippen LogP contribution in [-0.4, -0.2) is 17.1 Å². The molecule has 1 N–H and O–H groups in total. The standard InChI is InChI=1S/C12H13N3O/c1-16-11-5-3-2-4-10(11)8-14-12-6-7-13-9-15-12/h2-7,9H,8H2,1H3,(H,13,14,15). The van der Waals surface area contributed by atoms with E-state index in [-0.39, 0.29) is 0 Å². The van der Waals surface area contributed by atoms with Crippen LogP contribution in [0.4, 0.5) is 5.82 Å². The summed E-state index contributed by atoms with van der Waals surface area (Å²) in [6, 6.07) is 9.73. The molecule has 0 unspecified atom stereocenters. The number of methoxy groups -OCH3 is 1. The van der Waals surface area contributed by atoms with E-state index in [0.29, 0.717) is 6.54 Å². The van der Waals surface area contributed by atoms with E-state index in [1.807, 2.05) is 30.3 Å². The van der Waals surface area contributed by atoms with Gasteiger partial charge in [-0.15, -0.1) is 0 Å². The Bertz CT molecular complexity index is 445. The summed E-state index contributed by atoms with van der Waals surface area (Å²) in [7, 11) is 1.67. The van der Waals surface area contributed by atoms with E-state index in [0.717, 1.165) is 17.1 Å². The van der Waals surface area contributed by atoms with Gasteiger partial charge in [0.2, 0.25) is 0 Å². The molecule has 1 aromatic heterocycles. The average Bonchev–Trinajstić information content (AvgIpc) is 2.38. The summed E-state index contributed by atoms with van der Waals surface area (Å²) in [4.78, 5) is 7.94. The van der Waals surface area contributed by atoms with Crippen LogP contribution in [0.1, 0.15) is 5.56 Å². The van der Waals surface area contributed by atoms with Crippen molar-refractivity contribution in [2.75, 3.05) is 12.4 Å². The van der Waals surface area contributed by atoms with Crippen molar-refractivity contribution in [3.05, 3.63) is 48.4 Å². The monoisotopic (exact) mass is 215 g/mol. The first kappa shape index (κ1) is 10.4. The summed E-state index contributed by atoms with van der Waals surface area (Å²) >= 11 is 0.